The number of benzene rings is 1. The zero-order valence-electron chi connectivity index (χ0n) is 9.67. The van der Waals surface area contributed by atoms with E-state index in [-0.39, 0.29) is 0 Å². The van der Waals surface area contributed by atoms with E-state index < -0.39 is 21.2 Å². The van der Waals surface area contributed by atoms with Crippen LogP contribution >= 0.6 is 0 Å². The normalized spacial score (nSPS) is 9.78. The molecule has 0 spiro atoms. The van der Waals surface area contributed by atoms with Gasteiger partial charge in [-0.3, -0.25) is 20.2 Å². The number of hydrogen-bond acceptors (Lipinski definition) is 4. The molecular weight excluding hydrogens is 236 g/mol. The molecule has 0 saturated heterocycles. The minimum Gasteiger partial charge on any atom is -0.258 e. The largest absolute Gasteiger partial charge is 0.346 e. The molecule has 0 radical (unpaired) electrons. The van der Waals surface area contributed by atoms with Crippen molar-refractivity contribution in [1.82, 2.24) is 0 Å². The fourth-order valence-electron chi connectivity index (χ4n) is 1.65. The third kappa shape index (κ3) is 2.79. The number of allylic oxidation sites excluding steroid dienone is 2. The third-order valence-electron chi connectivity index (χ3n) is 2.42. The van der Waals surface area contributed by atoms with Crippen molar-refractivity contribution in [3.05, 3.63) is 68.8 Å². The maximum Gasteiger partial charge on any atom is 0.346 e. The van der Waals surface area contributed by atoms with Crippen molar-refractivity contribution in [2.24, 2.45) is 0 Å². The van der Waals surface area contributed by atoms with Crippen molar-refractivity contribution in [1.29, 1.82) is 0 Å². The van der Waals surface area contributed by atoms with Crippen LogP contribution in [0.5, 0.6) is 0 Å². The van der Waals surface area contributed by atoms with Gasteiger partial charge in [0.15, 0.2) is 0 Å². The maximum absolute atomic E-state index is 10.8. The van der Waals surface area contributed by atoms with Crippen molar-refractivity contribution in [3.63, 3.8) is 0 Å². The van der Waals surface area contributed by atoms with Crippen molar-refractivity contribution >= 4 is 11.4 Å². The van der Waals surface area contributed by atoms with E-state index in [0.29, 0.717) is 24.0 Å². The molecule has 0 amide bonds. The zero-order valence-corrected chi connectivity index (χ0v) is 9.67. The Balaban J connectivity index is 3.48. The summed E-state index contributed by atoms with van der Waals surface area (Å²) < 4.78 is 0. The van der Waals surface area contributed by atoms with Crippen LogP contribution in [0.15, 0.2) is 37.4 Å². The average Bonchev–Trinajstić information content (AvgIpc) is 2.30. The highest BCUT2D eigenvalue weighted by Crippen LogP contribution is 2.31. The smallest absolute Gasteiger partial charge is 0.258 e. The summed E-state index contributed by atoms with van der Waals surface area (Å²) in [5.41, 5.74) is 0.318. The molecule has 0 N–H and O–H groups in total. The van der Waals surface area contributed by atoms with Gasteiger partial charge in [-0.15, -0.1) is 13.2 Å². The van der Waals surface area contributed by atoms with Gasteiger partial charge in [-0.05, 0) is 24.0 Å². The average molecular weight is 248 g/mol. The second-order valence-electron chi connectivity index (χ2n) is 3.61. The summed E-state index contributed by atoms with van der Waals surface area (Å²) >= 11 is 0. The van der Waals surface area contributed by atoms with E-state index in [1.165, 1.54) is 12.1 Å². The summed E-state index contributed by atoms with van der Waals surface area (Å²) in [4.78, 5) is 20.1. The van der Waals surface area contributed by atoms with Gasteiger partial charge in [0.2, 0.25) is 0 Å². The summed E-state index contributed by atoms with van der Waals surface area (Å²) in [5, 5.41) is 21.6. The Kier molecular flexibility index (Phi) is 4.31. The van der Waals surface area contributed by atoms with Gasteiger partial charge in [0, 0.05) is 12.1 Å². The molecule has 0 unspecified atom stereocenters. The van der Waals surface area contributed by atoms with Crippen molar-refractivity contribution in [2.45, 2.75) is 12.8 Å². The maximum atomic E-state index is 10.8. The second-order valence-corrected chi connectivity index (χ2v) is 3.61. The number of rotatable bonds is 6. The van der Waals surface area contributed by atoms with Gasteiger partial charge in [0.1, 0.15) is 0 Å². The summed E-state index contributed by atoms with van der Waals surface area (Å²) in [7, 11) is 0. The number of nitro groups is 2. The summed E-state index contributed by atoms with van der Waals surface area (Å²) in [6, 6.07) is 2.47. The van der Waals surface area contributed by atoms with E-state index >= 15 is 0 Å². The molecule has 0 atom stereocenters. The van der Waals surface area contributed by atoms with Crippen LogP contribution in [0.25, 0.3) is 0 Å². The Labute approximate surface area is 104 Å². The molecule has 0 aliphatic carbocycles. The molecule has 94 valence electrons. The van der Waals surface area contributed by atoms with Crippen molar-refractivity contribution in [3.8, 4) is 0 Å². The van der Waals surface area contributed by atoms with Gasteiger partial charge < -0.3 is 0 Å². The molecule has 1 aromatic carbocycles. The lowest BCUT2D eigenvalue weighted by atomic mass is 10.00. The summed E-state index contributed by atoms with van der Waals surface area (Å²) in [5.74, 6) is 0. The monoisotopic (exact) mass is 248 g/mol. The Bertz CT molecular complexity index is 476. The van der Waals surface area contributed by atoms with E-state index in [4.69, 9.17) is 0 Å². The van der Waals surface area contributed by atoms with E-state index in [2.05, 4.69) is 13.2 Å². The van der Waals surface area contributed by atoms with Crippen LogP contribution in [0.3, 0.4) is 0 Å². The Morgan fingerprint density at radius 1 is 0.944 bits per heavy atom. The first kappa shape index (κ1) is 13.6. The molecule has 6 nitrogen and oxygen atoms in total. The van der Waals surface area contributed by atoms with E-state index in [0.717, 1.165) is 0 Å². The summed E-state index contributed by atoms with van der Waals surface area (Å²) in [6.45, 7) is 7.12. The standard InChI is InChI=1S/C12H12N2O4/c1-3-5-9-7-11(13(15)16)12(14(17)18)8-10(9)6-4-2/h3-4,7-8H,1-2,5-6H2. The fraction of sp³-hybridized carbons (Fsp3) is 0.167. The minimum absolute atomic E-state index is 0.419. The molecule has 0 saturated carbocycles. The predicted molar refractivity (Wildman–Crippen MR) is 67.6 cm³/mol. The lowest BCUT2D eigenvalue weighted by Crippen LogP contribution is -2.01. The third-order valence-corrected chi connectivity index (χ3v) is 2.42. The molecule has 0 aliphatic rings. The first-order valence-electron chi connectivity index (χ1n) is 5.17. The van der Waals surface area contributed by atoms with Crippen LogP contribution in [-0.4, -0.2) is 9.85 Å². The molecular formula is C12H12N2O4. The predicted octanol–water partition coefficient (Wildman–Crippen LogP) is 2.96. The molecule has 0 bridgehead atoms. The van der Waals surface area contributed by atoms with E-state index in [9.17, 15) is 20.2 Å². The van der Waals surface area contributed by atoms with Gasteiger partial charge in [-0.25, -0.2) is 0 Å². The number of nitro benzene ring substituents is 2. The SMILES string of the molecule is C=CCc1cc([N+](=O)[O-])c([N+](=O)[O-])cc1CC=C. The molecule has 0 heterocycles. The van der Waals surface area contributed by atoms with Crippen LogP contribution in [-0.2, 0) is 12.8 Å². The number of hydrogen-bond donors (Lipinski definition) is 0. The Morgan fingerprint density at radius 3 is 1.50 bits per heavy atom. The lowest BCUT2D eigenvalue weighted by Gasteiger charge is -2.06. The quantitative estimate of drug-likeness (QED) is 0.440. The van der Waals surface area contributed by atoms with E-state index in [1.807, 2.05) is 0 Å². The van der Waals surface area contributed by atoms with Crippen LogP contribution in [0, 0.1) is 20.2 Å². The Morgan fingerprint density at radius 2 is 1.28 bits per heavy atom. The topological polar surface area (TPSA) is 86.3 Å². The van der Waals surface area contributed by atoms with Crippen LogP contribution in [0.4, 0.5) is 11.4 Å². The molecule has 1 rings (SSSR count). The second kappa shape index (κ2) is 5.72. The molecule has 6 heteroatoms. The highest BCUT2D eigenvalue weighted by atomic mass is 16.6. The first-order chi connectivity index (χ1) is 8.51. The van der Waals surface area contributed by atoms with Crippen molar-refractivity contribution < 1.29 is 9.85 Å². The molecule has 18 heavy (non-hydrogen) atoms. The number of nitrogens with zero attached hydrogens (tertiary/aromatic N) is 2. The molecule has 0 fully saturated rings. The molecule has 1 aromatic rings. The lowest BCUT2D eigenvalue weighted by molar-refractivity contribution is -0.422. The van der Waals surface area contributed by atoms with Gasteiger partial charge in [0.05, 0.1) is 9.85 Å². The highest BCUT2D eigenvalue weighted by Gasteiger charge is 2.25. The van der Waals surface area contributed by atoms with Crippen LogP contribution in [0.1, 0.15) is 11.1 Å². The Hall–Kier alpha value is -2.50. The van der Waals surface area contributed by atoms with Crippen molar-refractivity contribution in [2.75, 3.05) is 0 Å². The van der Waals surface area contributed by atoms with Gasteiger partial charge >= 0.3 is 11.4 Å². The fourth-order valence-corrected chi connectivity index (χ4v) is 1.65. The van der Waals surface area contributed by atoms with Gasteiger partial charge in [-0.1, -0.05) is 12.2 Å². The minimum atomic E-state index is -0.748. The molecule has 0 aromatic heterocycles. The highest BCUT2D eigenvalue weighted by molar-refractivity contribution is 5.57. The van der Waals surface area contributed by atoms with Gasteiger partial charge in [-0.2, -0.15) is 0 Å². The zero-order chi connectivity index (χ0) is 13.7. The van der Waals surface area contributed by atoms with Crippen LogP contribution < -0.4 is 0 Å². The molecule has 0 aliphatic heterocycles. The van der Waals surface area contributed by atoms with E-state index in [1.54, 1.807) is 12.2 Å². The first-order valence-corrected chi connectivity index (χ1v) is 5.17. The van der Waals surface area contributed by atoms with Gasteiger partial charge in [0.25, 0.3) is 0 Å². The summed E-state index contributed by atoms with van der Waals surface area (Å²) in [6.07, 6.45) is 4.03. The van der Waals surface area contributed by atoms with Crippen LogP contribution in [0.2, 0.25) is 0 Å².